The average Bonchev–Trinajstić information content (AvgIpc) is 2.75. The second kappa shape index (κ2) is 5.13. The molecule has 0 unspecified atom stereocenters. The molecule has 1 saturated heterocycles. The molecule has 0 atom stereocenters. The lowest BCUT2D eigenvalue weighted by Gasteiger charge is -2.35. The summed E-state index contributed by atoms with van der Waals surface area (Å²) in [4.78, 5) is 2.00. The highest BCUT2D eigenvalue weighted by atomic mass is 19.4. The van der Waals surface area contributed by atoms with Crippen LogP contribution >= 0.6 is 0 Å². The summed E-state index contributed by atoms with van der Waals surface area (Å²) < 4.78 is 38.5. The molecule has 21 heavy (non-hydrogen) atoms. The number of hydrogen-bond acceptors (Lipinski definition) is 3. The number of benzene rings is 1. The summed E-state index contributed by atoms with van der Waals surface area (Å²) in [5.41, 5.74) is 5.23. The first-order valence-corrected chi connectivity index (χ1v) is 6.63. The third-order valence-corrected chi connectivity index (χ3v) is 3.90. The van der Waals surface area contributed by atoms with E-state index in [1.807, 2.05) is 18.7 Å². The van der Waals surface area contributed by atoms with Crippen LogP contribution in [0.25, 0.3) is 0 Å². The van der Waals surface area contributed by atoms with Gasteiger partial charge in [-0.25, -0.2) is 0 Å². The van der Waals surface area contributed by atoms with Crippen LogP contribution < -0.4 is 10.6 Å². The van der Waals surface area contributed by atoms with Gasteiger partial charge in [-0.3, -0.25) is 0 Å². The third-order valence-electron chi connectivity index (χ3n) is 3.90. The highest BCUT2D eigenvalue weighted by Crippen LogP contribution is 2.38. The molecule has 1 aliphatic heterocycles. The topological polar surface area (TPSA) is 61.8 Å². The first-order valence-electron chi connectivity index (χ1n) is 6.63. The van der Waals surface area contributed by atoms with E-state index in [2.05, 4.69) is 5.16 Å². The van der Waals surface area contributed by atoms with Gasteiger partial charge >= 0.3 is 6.18 Å². The summed E-state index contributed by atoms with van der Waals surface area (Å²) in [6.07, 6.45) is -2.59. The van der Waals surface area contributed by atoms with E-state index < -0.39 is 11.7 Å². The van der Waals surface area contributed by atoms with Crippen molar-refractivity contribution in [2.45, 2.75) is 38.4 Å². The van der Waals surface area contributed by atoms with Crippen molar-refractivity contribution in [3.8, 4) is 0 Å². The number of nitrogens with two attached hydrogens (primary N) is 1. The highest BCUT2D eigenvalue weighted by molar-refractivity contribution is 6.02. The number of rotatable bonds is 2. The molecule has 0 aromatic heterocycles. The van der Waals surface area contributed by atoms with Crippen molar-refractivity contribution < 1.29 is 18.4 Å². The Bertz CT molecular complexity index is 567. The number of hydrogen-bond donors (Lipinski definition) is 2. The molecular weight excluding hydrogens is 283 g/mol. The van der Waals surface area contributed by atoms with Crippen molar-refractivity contribution in [2.75, 3.05) is 11.4 Å². The molecular formula is C14H18F3N3O. The molecule has 1 aromatic carbocycles. The fraction of sp³-hybridized carbons (Fsp3) is 0.500. The zero-order valence-corrected chi connectivity index (χ0v) is 11.9. The number of oxime groups is 1. The molecule has 4 nitrogen and oxygen atoms in total. The van der Waals surface area contributed by atoms with Crippen LogP contribution in [0.1, 0.15) is 37.8 Å². The van der Waals surface area contributed by atoms with Crippen LogP contribution in [0, 0.1) is 0 Å². The predicted octanol–water partition coefficient (Wildman–Crippen LogP) is 3.18. The Morgan fingerprint density at radius 2 is 2.05 bits per heavy atom. The molecule has 0 bridgehead atoms. The number of alkyl halides is 3. The first-order chi connectivity index (χ1) is 9.66. The number of halogens is 3. The Hall–Kier alpha value is -1.92. The predicted molar refractivity (Wildman–Crippen MR) is 74.6 cm³/mol. The van der Waals surface area contributed by atoms with Gasteiger partial charge in [0, 0.05) is 23.3 Å². The largest absolute Gasteiger partial charge is 0.416 e. The lowest BCUT2D eigenvalue weighted by atomic mass is 9.99. The summed E-state index contributed by atoms with van der Waals surface area (Å²) in [6.45, 7) is 4.77. The second-order valence-corrected chi connectivity index (χ2v) is 5.78. The van der Waals surface area contributed by atoms with Gasteiger partial charge in [-0.15, -0.1) is 0 Å². The van der Waals surface area contributed by atoms with Crippen LogP contribution in [0.5, 0.6) is 0 Å². The lowest BCUT2D eigenvalue weighted by molar-refractivity contribution is -0.137. The SMILES string of the molecule is CC1(C)CCCN1c1ccc(C(F)(F)F)cc1C(N)=NO. The molecule has 1 aliphatic rings. The van der Waals surface area contributed by atoms with Gasteiger partial charge in [-0.2, -0.15) is 13.2 Å². The number of anilines is 1. The maximum absolute atomic E-state index is 12.8. The van der Waals surface area contributed by atoms with Gasteiger partial charge in [0.05, 0.1) is 5.56 Å². The molecule has 0 amide bonds. The Balaban J connectivity index is 2.56. The third kappa shape index (κ3) is 2.91. The van der Waals surface area contributed by atoms with Crippen molar-refractivity contribution in [1.29, 1.82) is 0 Å². The Morgan fingerprint density at radius 3 is 2.52 bits per heavy atom. The Kier molecular flexibility index (Phi) is 3.78. The quantitative estimate of drug-likeness (QED) is 0.382. The Labute approximate surface area is 121 Å². The van der Waals surface area contributed by atoms with Crippen molar-refractivity contribution in [2.24, 2.45) is 10.9 Å². The zero-order valence-electron chi connectivity index (χ0n) is 11.9. The molecule has 2 rings (SSSR count). The summed E-state index contributed by atoms with van der Waals surface area (Å²) in [7, 11) is 0. The van der Waals surface area contributed by atoms with Crippen LogP contribution in [0.2, 0.25) is 0 Å². The summed E-state index contributed by atoms with van der Waals surface area (Å²) in [5.74, 6) is -0.321. The maximum Gasteiger partial charge on any atom is 0.416 e. The zero-order chi connectivity index (χ0) is 15.8. The minimum Gasteiger partial charge on any atom is -0.409 e. The first kappa shape index (κ1) is 15.5. The highest BCUT2D eigenvalue weighted by Gasteiger charge is 2.36. The van der Waals surface area contributed by atoms with Crippen LogP contribution in [0.15, 0.2) is 23.4 Å². The molecule has 3 N–H and O–H groups in total. The van der Waals surface area contributed by atoms with E-state index in [1.54, 1.807) is 0 Å². The molecule has 0 aliphatic carbocycles. The number of amidine groups is 1. The van der Waals surface area contributed by atoms with Gasteiger partial charge in [0.2, 0.25) is 0 Å². The van der Waals surface area contributed by atoms with Crippen molar-refractivity contribution >= 4 is 11.5 Å². The van der Waals surface area contributed by atoms with E-state index >= 15 is 0 Å². The lowest BCUT2D eigenvalue weighted by Crippen LogP contribution is -2.39. The van der Waals surface area contributed by atoms with Gasteiger partial charge in [-0.05, 0) is 44.9 Å². The minimum absolute atomic E-state index is 0.0994. The smallest absolute Gasteiger partial charge is 0.409 e. The maximum atomic E-state index is 12.8. The molecule has 1 fully saturated rings. The van der Waals surface area contributed by atoms with Crippen LogP contribution in [-0.4, -0.2) is 23.1 Å². The van der Waals surface area contributed by atoms with E-state index in [-0.39, 0.29) is 16.9 Å². The minimum atomic E-state index is -4.47. The van der Waals surface area contributed by atoms with Crippen molar-refractivity contribution in [3.63, 3.8) is 0 Å². The van der Waals surface area contributed by atoms with Crippen LogP contribution in [0.3, 0.4) is 0 Å². The molecule has 116 valence electrons. The van der Waals surface area contributed by atoms with Gasteiger partial charge in [0.25, 0.3) is 0 Å². The van der Waals surface area contributed by atoms with E-state index in [0.717, 1.165) is 31.5 Å². The standard InChI is InChI=1S/C14H18F3N3O/c1-13(2)6-3-7-20(13)11-5-4-9(14(15,16)17)8-10(11)12(18)19-21/h4-5,8,21H,3,6-7H2,1-2H3,(H2,18,19). The molecule has 7 heteroatoms. The van der Waals surface area contributed by atoms with Gasteiger partial charge < -0.3 is 15.8 Å². The summed E-state index contributed by atoms with van der Waals surface area (Å²) >= 11 is 0. The van der Waals surface area contributed by atoms with Gasteiger partial charge in [0.15, 0.2) is 5.84 Å². The average molecular weight is 301 g/mol. The van der Waals surface area contributed by atoms with Gasteiger partial charge in [-0.1, -0.05) is 5.16 Å². The second-order valence-electron chi connectivity index (χ2n) is 5.78. The van der Waals surface area contributed by atoms with Crippen LogP contribution in [-0.2, 0) is 6.18 Å². The molecule has 1 heterocycles. The molecule has 0 spiro atoms. The summed E-state index contributed by atoms with van der Waals surface area (Å²) in [6, 6.07) is 3.35. The van der Waals surface area contributed by atoms with E-state index in [4.69, 9.17) is 10.9 Å². The number of nitrogens with zero attached hydrogens (tertiary/aromatic N) is 2. The fourth-order valence-electron chi connectivity index (χ4n) is 2.76. The Morgan fingerprint density at radius 1 is 1.38 bits per heavy atom. The van der Waals surface area contributed by atoms with Gasteiger partial charge in [0.1, 0.15) is 0 Å². The monoisotopic (exact) mass is 301 g/mol. The van der Waals surface area contributed by atoms with E-state index in [0.29, 0.717) is 5.69 Å². The van der Waals surface area contributed by atoms with E-state index in [1.165, 1.54) is 6.07 Å². The molecule has 1 aromatic rings. The normalized spacial score (nSPS) is 19.1. The van der Waals surface area contributed by atoms with E-state index in [9.17, 15) is 13.2 Å². The molecule has 0 saturated carbocycles. The van der Waals surface area contributed by atoms with Crippen LogP contribution in [0.4, 0.5) is 18.9 Å². The molecule has 0 radical (unpaired) electrons. The fourth-order valence-corrected chi connectivity index (χ4v) is 2.76. The summed E-state index contributed by atoms with van der Waals surface area (Å²) in [5, 5.41) is 11.7. The van der Waals surface area contributed by atoms with Crippen molar-refractivity contribution in [3.05, 3.63) is 29.3 Å². The van der Waals surface area contributed by atoms with Crippen molar-refractivity contribution in [1.82, 2.24) is 0 Å².